The minimum Gasteiger partial charge on any atom is -0.463 e. The molecule has 0 radical (unpaired) electrons. The van der Waals surface area contributed by atoms with Crippen molar-refractivity contribution in [3.63, 3.8) is 0 Å². The number of hydrogen-bond donors (Lipinski definition) is 4. The van der Waals surface area contributed by atoms with Crippen molar-refractivity contribution >= 4 is 33.6 Å². The van der Waals surface area contributed by atoms with Gasteiger partial charge in [-0.15, -0.1) is 0 Å². The monoisotopic (exact) mass is 1170 g/mol. The fraction of sp³-hybridized carbons (Fsp3) is 0.951. The Bertz CT molecular complexity index is 1470. The molecular weight excluding hydrogens is 1050 g/mol. The van der Waals surface area contributed by atoms with Crippen molar-refractivity contribution in [1.82, 2.24) is 0 Å². The fourth-order valence-electron chi connectivity index (χ4n) is 9.34. The van der Waals surface area contributed by atoms with Gasteiger partial charge in [-0.25, -0.2) is 9.13 Å². The van der Waals surface area contributed by atoms with Gasteiger partial charge in [0.05, 0.1) is 26.4 Å². The number of ether oxygens (including phenoxy) is 3. The third-order valence-electron chi connectivity index (χ3n) is 14.3. The zero-order valence-electron chi connectivity index (χ0n) is 50.6. The van der Waals surface area contributed by atoms with Gasteiger partial charge in [-0.2, -0.15) is 0 Å². The second-order valence-electron chi connectivity index (χ2n) is 22.3. The lowest BCUT2D eigenvalue weighted by Crippen LogP contribution is -2.30. The third kappa shape index (κ3) is 58.1. The van der Waals surface area contributed by atoms with Gasteiger partial charge in [-0.05, 0) is 19.3 Å². The van der Waals surface area contributed by atoms with Crippen molar-refractivity contribution in [2.75, 3.05) is 39.6 Å². The van der Waals surface area contributed by atoms with Crippen LogP contribution in [-0.2, 0) is 55.8 Å². The van der Waals surface area contributed by atoms with Gasteiger partial charge in [0.25, 0.3) is 0 Å². The average Bonchev–Trinajstić information content (AvgIpc) is 3.42. The van der Waals surface area contributed by atoms with Crippen LogP contribution in [0, 0.1) is 0 Å². The van der Waals surface area contributed by atoms with Crippen LogP contribution in [0.1, 0.15) is 316 Å². The molecule has 18 heteroatoms. The van der Waals surface area contributed by atoms with Gasteiger partial charge in [0.1, 0.15) is 25.4 Å². The lowest BCUT2D eigenvalue weighted by Gasteiger charge is -2.21. The molecule has 4 N–H and O–H groups in total. The lowest BCUT2D eigenvalue weighted by atomic mass is 10.0. The fourth-order valence-corrected chi connectivity index (χ4v) is 10.9. The number of aliphatic hydroxyl groups excluding tert-OH is 2. The molecule has 5 atom stereocenters. The summed E-state index contributed by atoms with van der Waals surface area (Å²) in [7, 11) is -9.73. The second-order valence-corrected chi connectivity index (χ2v) is 25.2. The molecule has 0 spiro atoms. The molecule has 5 unspecified atom stereocenters. The Morgan fingerprint density at radius 2 is 0.519 bits per heavy atom. The molecule has 0 aliphatic carbocycles. The molecule has 0 heterocycles. The third-order valence-corrected chi connectivity index (χ3v) is 16.2. The molecular formula is C61H120O16P2. The normalized spacial score (nSPS) is 14.4. The maximum Gasteiger partial charge on any atom is 0.472 e. The molecule has 0 aromatic heterocycles. The number of aliphatic hydroxyl groups is 2. The van der Waals surface area contributed by atoms with Crippen molar-refractivity contribution in [2.24, 2.45) is 0 Å². The molecule has 0 rings (SSSR count). The van der Waals surface area contributed by atoms with E-state index in [2.05, 4.69) is 20.8 Å². The zero-order valence-corrected chi connectivity index (χ0v) is 52.4. The molecule has 0 aromatic rings. The summed E-state index contributed by atoms with van der Waals surface area (Å²) in [6.07, 6.45) is 47.3. The number of esters is 3. The van der Waals surface area contributed by atoms with Crippen LogP contribution in [0.25, 0.3) is 0 Å². The summed E-state index contributed by atoms with van der Waals surface area (Å²) < 4.78 is 60.7. The predicted octanol–water partition coefficient (Wildman–Crippen LogP) is 17.0. The largest absolute Gasteiger partial charge is 0.472 e. The Morgan fingerprint density at radius 3 is 0.797 bits per heavy atom. The first kappa shape index (κ1) is 77.5. The van der Waals surface area contributed by atoms with E-state index < -0.39 is 91.5 Å². The first-order valence-corrected chi connectivity index (χ1v) is 35.3. The smallest absolute Gasteiger partial charge is 0.463 e. The number of phosphoric acid groups is 2. The highest BCUT2D eigenvalue weighted by Gasteiger charge is 2.29. The zero-order chi connectivity index (χ0) is 58.2. The first-order chi connectivity index (χ1) is 38.2. The molecule has 0 fully saturated rings. The van der Waals surface area contributed by atoms with E-state index in [0.29, 0.717) is 19.3 Å². The van der Waals surface area contributed by atoms with Gasteiger partial charge in [0, 0.05) is 19.3 Å². The molecule has 0 saturated carbocycles. The highest BCUT2D eigenvalue weighted by molar-refractivity contribution is 7.47. The van der Waals surface area contributed by atoms with E-state index in [-0.39, 0.29) is 19.3 Å². The molecule has 16 nitrogen and oxygen atoms in total. The predicted molar refractivity (Wildman–Crippen MR) is 317 cm³/mol. The van der Waals surface area contributed by atoms with Gasteiger partial charge < -0.3 is 34.2 Å². The van der Waals surface area contributed by atoms with Crippen molar-refractivity contribution in [3.05, 3.63) is 0 Å². The maximum absolute atomic E-state index is 12.9. The van der Waals surface area contributed by atoms with Crippen LogP contribution in [0.5, 0.6) is 0 Å². The van der Waals surface area contributed by atoms with E-state index in [9.17, 15) is 43.5 Å². The van der Waals surface area contributed by atoms with E-state index in [1.165, 1.54) is 199 Å². The van der Waals surface area contributed by atoms with Crippen LogP contribution in [0.3, 0.4) is 0 Å². The second kappa shape index (κ2) is 57.0. The van der Waals surface area contributed by atoms with E-state index in [4.69, 9.17) is 32.3 Å². The average molecular weight is 1170 g/mol. The summed E-state index contributed by atoms with van der Waals surface area (Å²) in [5, 5.41) is 20.5. The Hall–Kier alpha value is -1.45. The van der Waals surface area contributed by atoms with Gasteiger partial charge in [0.15, 0.2) is 6.10 Å². The molecule has 79 heavy (non-hydrogen) atoms. The van der Waals surface area contributed by atoms with Gasteiger partial charge in [0.2, 0.25) is 0 Å². The van der Waals surface area contributed by atoms with Crippen molar-refractivity contribution in [3.8, 4) is 0 Å². The topological polar surface area (TPSA) is 231 Å². The molecule has 0 aromatic carbocycles. The number of hydrogen-bond acceptors (Lipinski definition) is 14. The summed E-state index contributed by atoms with van der Waals surface area (Å²) in [4.78, 5) is 58.2. The SMILES string of the molecule is CCCCCCCCCCCCCCCCCC(=O)OCC(O)COP(=O)(O)OCC(O)COP(=O)(O)OCC(COC(=O)CCCCCCCCCCCCCCCCC)OC(=O)CCCCCCCCCCCCCCC. The molecule has 0 aliphatic rings. The summed E-state index contributed by atoms with van der Waals surface area (Å²) in [5.74, 6) is -1.54. The first-order valence-electron chi connectivity index (χ1n) is 32.3. The number of rotatable bonds is 63. The molecule has 0 bridgehead atoms. The summed E-state index contributed by atoms with van der Waals surface area (Å²) in [5.41, 5.74) is 0. The quantitative estimate of drug-likeness (QED) is 0.0192. The standard InChI is InChI=1S/C61H120O16P2/c1-4-7-10-13-16-19-22-25-27-30-32-35-38-41-44-47-59(64)71-50-56(62)51-73-78(67,68)74-52-57(63)53-75-79(69,70)76-55-58(77-61(66)49-46-43-40-37-34-29-24-21-18-15-12-9-6-3)54-72-60(65)48-45-42-39-36-33-31-28-26-23-20-17-14-11-8-5-2/h56-58,62-63H,4-55H2,1-3H3,(H,67,68)(H,69,70). The molecule has 0 amide bonds. The van der Waals surface area contributed by atoms with E-state index >= 15 is 0 Å². The minimum atomic E-state index is -4.90. The van der Waals surface area contributed by atoms with Crippen molar-refractivity contribution < 1.29 is 75.8 Å². The molecule has 0 saturated heterocycles. The van der Waals surface area contributed by atoms with Crippen LogP contribution in [0.15, 0.2) is 0 Å². The van der Waals surface area contributed by atoms with Crippen LogP contribution in [0.4, 0.5) is 0 Å². The number of carbonyl (C=O) groups excluding carboxylic acids is 3. The highest BCUT2D eigenvalue weighted by Crippen LogP contribution is 2.45. The highest BCUT2D eigenvalue weighted by atomic mass is 31.2. The number of phosphoric ester groups is 2. The van der Waals surface area contributed by atoms with Gasteiger partial charge >= 0.3 is 33.6 Å². The lowest BCUT2D eigenvalue weighted by molar-refractivity contribution is -0.161. The van der Waals surface area contributed by atoms with Crippen LogP contribution in [-0.4, -0.2) is 95.9 Å². The van der Waals surface area contributed by atoms with Gasteiger partial charge in [-0.1, -0.05) is 278 Å². The van der Waals surface area contributed by atoms with Crippen LogP contribution < -0.4 is 0 Å². The van der Waals surface area contributed by atoms with E-state index in [0.717, 1.165) is 57.8 Å². The van der Waals surface area contributed by atoms with Crippen LogP contribution >= 0.6 is 15.6 Å². The van der Waals surface area contributed by atoms with E-state index in [1.54, 1.807) is 0 Å². The Kier molecular flexibility index (Phi) is 56.0. The van der Waals surface area contributed by atoms with Crippen molar-refractivity contribution in [2.45, 2.75) is 334 Å². The van der Waals surface area contributed by atoms with Crippen LogP contribution in [0.2, 0.25) is 0 Å². The number of carbonyl (C=O) groups is 3. The summed E-state index contributed by atoms with van der Waals surface area (Å²) >= 11 is 0. The maximum atomic E-state index is 12.9. The van der Waals surface area contributed by atoms with Gasteiger partial charge in [-0.3, -0.25) is 32.5 Å². The minimum absolute atomic E-state index is 0.116. The Balaban J connectivity index is 4.62. The summed E-state index contributed by atoms with van der Waals surface area (Å²) in [6.45, 7) is 2.74. The Morgan fingerprint density at radius 1 is 0.304 bits per heavy atom. The molecule has 0 aliphatic heterocycles. The summed E-state index contributed by atoms with van der Waals surface area (Å²) in [6, 6.07) is 0. The Labute approximate surface area is 481 Å². The van der Waals surface area contributed by atoms with E-state index in [1.807, 2.05) is 0 Å². The van der Waals surface area contributed by atoms with Crippen molar-refractivity contribution in [1.29, 1.82) is 0 Å². The number of unbranched alkanes of at least 4 members (excludes halogenated alkanes) is 40. The molecule has 470 valence electrons.